The molecule has 0 spiro atoms. The van der Waals surface area contributed by atoms with Crippen molar-refractivity contribution in [2.24, 2.45) is 0 Å². The topological polar surface area (TPSA) is 42.7 Å². The van der Waals surface area contributed by atoms with Crippen molar-refractivity contribution in [3.05, 3.63) is 40.8 Å². The predicted molar refractivity (Wildman–Crippen MR) is 84.8 cm³/mol. The summed E-state index contributed by atoms with van der Waals surface area (Å²) in [5.74, 6) is 1.65. The van der Waals surface area contributed by atoms with Gasteiger partial charge in [0.1, 0.15) is 0 Å². The van der Waals surface area contributed by atoms with Crippen LogP contribution in [0.3, 0.4) is 0 Å². The molecule has 0 bridgehead atoms. The third-order valence-electron chi connectivity index (χ3n) is 4.00. The molecule has 0 unspecified atom stereocenters. The van der Waals surface area contributed by atoms with Gasteiger partial charge in [-0.2, -0.15) is 5.10 Å². The molecule has 112 valence electrons. The van der Waals surface area contributed by atoms with Gasteiger partial charge in [-0.15, -0.1) is 0 Å². The molecule has 3 rings (SSSR count). The quantitative estimate of drug-likeness (QED) is 0.828. The van der Waals surface area contributed by atoms with Gasteiger partial charge < -0.3 is 5.32 Å². The van der Waals surface area contributed by atoms with Gasteiger partial charge >= 0.3 is 0 Å². The van der Waals surface area contributed by atoms with E-state index >= 15 is 0 Å². The van der Waals surface area contributed by atoms with E-state index in [0.717, 1.165) is 31.0 Å². The lowest BCUT2D eigenvalue weighted by Crippen LogP contribution is -2.18. The summed E-state index contributed by atoms with van der Waals surface area (Å²) in [5, 5.41) is 8.22. The van der Waals surface area contributed by atoms with E-state index in [4.69, 9.17) is 10.1 Å². The third kappa shape index (κ3) is 3.16. The fourth-order valence-corrected chi connectivity index (χ4v) is 2.69. The van der Waals surface area contributed by atoms with E-state index in [1.807, 2.05) is 11.6 Å². The monoisotopic (exact) mass is 284 g/mol. The van der Waals surface area contributed by atoms with Gasteiger partial charge in [0, 0.05) is 29.9 Å². The highest BCUT2D eigenvalue weighted by Gasteiger charge is 2.26. The number of aryl methyl sites for hydroxylation is 2. The SMILES string of the molecule is CCCNCc1c(C)cc(C)nc1-n1ccc(C2CC2)n1. The van der Waals surface area contributed by atoms with Crippen molar-refractivity contribution in [2.75, 3.05) is 6.54 Å². The molecule has 2 heterocycles. The first-order valence-corrected chi connectivity index (χ1v) is 7.92. The normalized spacial score (nSPS) is 14.6. The maximum absolute atomic E-state index is 4.74. The summed E-state index contributed by atoms with van der Waals surface area (Å²) >= 11 is 0. The van der Waals surface area contributed by atoms with E-state index in [0.29, 0.717) is 5.92 Å². The van der Waals surface area contributed by atoms with E-state index in [1.54, 1.807) is 0 Å². The van der Waals surface area contributed by atoms with Gasteiger partial charge in [-0.3, -0.25) is 0 Å². The Bertz CT molecular complexity index is 626. The summed E-state index contributed by atoms with van der Waals surface area (Å²) in [7, 11) is 0. The van der Waals surface area contributed by atoms with Crippen molar-refractivity contribution in [2.45, 2.75) is 52.5 Å². The van der Waals surface area contributed by atoms with E-state index in [9.17, 15) is 0 Å². The van der Waals surface area contributed by atoms with Crippen molar-refractivity contribution in [3.8, 4) is 5.82 Å². The minimum Gasteiger partial charge on any atom is -0.313 e. The van der Waals surface area contributed by atoms with E-state index in [2.05, 4.69) is 37.5 Å². The third-order valence-corrected chi connectivity index (χ3v) is 4.00. The number of aromatic nitrogens is 3. The summed E-state index contributed by atoms with van der Waals surface area (Å²) in [6.07, 6.45) is 5.75. The van der Waals surface area contributed by atoms with Crippen LogP contribution in [0, 0.1) is 13.8 Å². The first-order valence-electron chi connectivity index (χ1n) is 7.92. The Morgan fingerprint density at radius 3 is 2.86 bits per heavy atom. The minimum absolute atomic E-state index is 0.679. The average Bonchev–Trinajstić information content (AvgIpc) is 3.19. The zero-order valence-electron chi connectivity index (χ0n) is 13.2. The molecule has 1 aliphatic carbocycles. The molecule has 2 aromatic heterocycles. The maximum Gasteiger partial charge on any atom is 0.158 e. The van der Waals surface area contributed by atoms with Crippen LogP contribution in [0.25, 0.3) is 5.82 Å². The summed E-state index contributed by atoms with van der Waals surface area (Å²) in [6, 6.07) is 4.29. The number of pyridine rings is 1. The first kappa shape index (κ1) is 14.3. The van der Waals surface area contributed by atoms with Crippen molar-refractivity contribution in [1.29, 1.82) is 0 Å². The maximum atomic E-state index is 4.74. The minimum atomic E-state index is 0.679. The van der Waals surface area contributed by atoms with Crippen molar-refractivity contribution < 1.29 is 0 Å². The number of nitrogens with zero attached hydrogens (tertiary/aromatic N) is 3. The molecule has 1 fully saturated rings. The van der Waals surface area contributed by atoms with Gasteiger partial charge in [0.2, 0.25) is 0 Å². The van der Waals surface area contributed by atoms with Crippen molar-refractivity contribution in [3.63, 3.8) is 0 Å². The van der Waals surface area contributed by atoms with Crippen molar-refractivity contribution >= 4 is 0 Å². The predicted octanol–water partition coefficient (Wildman–Crippen LogP) is 3.26. The molecule has 1 aliphatic rings. The fourth-order valence-electron chi connectivity index (χ4n) is 2.69. The van der Waals surface area contributed by atoms with Gasteiger partial charge in [-0.05, 0) is 57.4 Å². The molecule has 2 aromatic rings. The summed E-state index contributed by atoms with van der Waals surface area (Å²) in [6.45, 7) is 8.27. The number of nitrogens with one attached hydrogen (secondary N) is 1. The second-order valence-corrected chi connectivity index (χ2v) is 6.02. The fraction of sp³-hybridized carbons (Fsp3) is 0.529. The van der Waals surface area contributed by atoms with Crippen LogP contribution in [0.4, 0.5) is 0 Å². The zero-order valence-corrected chi connectivity index (χ0v) is 13.2. The van der Waals surface area contributed by atoms with Crippen LogP contribution in [0.5, 0.6) is 0 Å². The van der Waals surface area contributed by atoms with Gasteiger partial charge in [-0.25, -0.2) is 9.67 Å². The van der Waals surface area contributed by atoms with Crippen LogP contribution in [0.1, 0.15) is 54.6 Å². The molecular formula is C17H24N4. The van der Waals surface area contributed by atoms with Gasteiger partial charge in [0.05, 0.1) is 5.69 Å². The molecule has 0 atom stereocenters. The van der Waals surface area contributed by atoms with E-state index in [-0.39, 0.29) is 0 Å². The standard InChI is InChI=1S/C17H24N4/c1-4-8-18-11-15-12(2)10-13(3)19-17(15)21-9-7-16(20-21)14-5-6-14/h7,9-10,14,18H,4-6,8,11H2,1-3H3. The Morgan fingerprint density at radius 1 is 1.33 bits per heavy atom. The Hall–Kier alpha value is -1.68. The van der Waals surface area contributed by atoms with Crippen LogP contribution in [0.2, 0.25) is 0 Å². The molecule has 21 heavy (non-hydrogen) atoms. The molecule has 0 aliphatic heterocycles. The van der Waals surface area contributed by atoms with E-state index in [1.165, 1.54) is 29.7 Å². The molecule has 0 aromatic carbocycles. The average molecular weight is 284 g/mol. The highest BCUT2D eigenvalue weighted by molar-refractivity contribution is 5.41. The van der Waals surface area contributed by atoms with Crippen LogP contribution in [0.15, 0.2) is 18.3 Å². The molecule has 4 heteroatoms. The zero-order chi connectivity index (χ0) is 14.8. The van der Waals surface area contributed by atoms with Crippen LogP contribution in [-0.2, 0) is 6.54 Å². The van der Waals surface area contributed by atoms with Gasteiger partial charge in [0.25, 0.3) is 0 Å². The summed E-state index contributed by atoms with van der Waals surface area (Å²) in [4.78, 5) is 4.74. The second kappa shape index (κ2) is 5.98. The summed E-state index contributed by atoms with van der Waals surface area (Å²) in [5.41, 5.74) is 4.79. The molecule has 0 amide bonds. The molecular weight excluding hydrogens is 260 g/mol. The number of hydrogen-bond acceptors (Lipinski definition) is 3. The van der Waals surface area contributed by atoms with Crippen molar-refractivity contribution in [1.82, 2.24) is 20.1 Å². The lowest BCUT2D eigenvalue weighted by molar-refractivity contribution is 0.662. The van der Waals surface area contributed by atoms with Gasteiger partial charge in [0.15, 0.2) is 5.82 Å². The van der Waals surface area contributed by atoms with Crippen LogP contribution < -0.4 is 5.32 Å². The Labute approximate surface area is 126 Å². The second-order valence-electron chi connectivity index (χ2n) is 6.02. The Kier molecular flexibility index (Phi) is 4.06. The highest BCUT2D eigenvalue weighted by Crippen LogP contribution is 2.39. The first-order chi connectivity index (χ1) is 10.2. The molecule has 4 nitrogen and oxygen atoms in total. The molecule has 1 N–H and O–H groups in total. The molecule has 0 saturated heterocycles. The van der Waals surface area contributed by atoms with Gasteiger partial charge in [-0.1, -0.05) is 6.92 Å². The number of hydrogen-bond donors (Lipinski definition) is 1. The number of rotatable bonds is 6. The van der Waals surface area contributed by atoms with Crippen LogP contribution in [-0.4, -0.2) is 21.3 Å². The lowest BCUT2D eigenvalue weighted by atomic mass is 10.1. The van der Waals surface area contributed by atoms with Crippen LogP contribution >= 0.6 is 0 Å². The molecule has 1 saturated carbocycles. The highest BCUT2D eigenvalue weighted by atomic mass is 15.3. The smallest absolute Gasteiger partial charge is 0.158 e. The lowest BCUT2D eigenvalue weighted by Gasteiger charge is -2.13. The summed E-state index contributed by atoms with van der Waals surface area (Å²) < 4.78 is 1.95. The largest absolute Gasteiger partial charge is 0.313 e. The Balaban J connectivity index is 1.93. The van der Waals surface area contributed by atoms with E-state index < -0.39 is 0 Å². The molecule has 0 radical (unpaired) electrons. The Morgan fingerprint density at radius 2 is 2.14 bits per heavy atom.